The quantitative estimate of drug-likeness (QED) is 0.608. The fourth-order valence-electron chi connectivity index (χ4n) is 4.02. The van der Waals surface area contributed by atoms with Crippen LogP contribution in [0.4, 0.5) is 0 Å². The third-order valence-electron chi connectivity index (χ3n) is 5.89. The predicted octanol–water partition coefficient (Wildman–Crippen LogP) is 0.769. The fourth-order valence-corrected chi connectivity index (χ4v) is 6.74. The normalized spacial score (nSPS) is 22.9. The number of thiophene rings is 1. The first-order valence-electron chi connectivity index (χ1n) is 10.1. The summed E-state index contributed by atoms with van der Waals surface area (Å²) in [6, 6.07) is 0.907. The van der Waals surface area contributed by atoms with Crippen LogP contribution in [0.25, 0.3) is 0 Å². The molecule has 3 heterocycles. The third-order valence-corrected chi connectivity index (χ3v) is 9.20. The molecule has 4 rings (SSSR count). The Labute approximate surface area is 179 Å². The third kappa shape index (κ3) is 3.97. The van der Waals surface area contributed by atoms with E-state index < -0.39 is 22.0 Å². The molecule has 1 saturated carbocycles. The number of hydrogen-bond acceptors (Lipinski definition) is 7. The predicted molar refractivity (Wildman–Crippen MR) is 108 cm³/mol. The van der Waals surface area contributed by atoms with Crippen LogP contribution >= 0.6 is 11.3 Å². The molecule has 3 aliphatic rings. The molecule has 1 atom stereocenters. The van der Waals surface area contributed by atoms with E-state index in [0.717, 1.165) is 30.6 Å². The van der Waals surface area contributed by atoms with Crippen LogP contribution in [0.15, 0.2) is 15.7 Å². The molecule has 0 radical (unpaired) electrons. The van der Waals surface area contributed by atoms with Crippen LogP contribution in [0.5, 0.6) is 0 Å². The van der Waals surface area contributed by atoms with E-state index in [2.05, 4.69) is 4.74 Å². The van der Waals surface area contributed by atoms with Crippen molar-refractivity contribution >= 4 is 39.1 Å². The van der Waals surface area contributed by atoms with Gasteiger partial charge in [-0.05, 0) is 31.7 Å². The summed E-state index contributed by atoms with van der Waals surface area (Å²) in [6.07, 6.45) is 3.31. The zero-order valence-electron chi connectivity index (χ0n) is 16.8. The zero-order chi connectivity index (χ0) is 21.5. The van der Waals surface area contributed by atoms with Gasteiger partial charge in [-0.25, -0.2) is 13.2 Å². The largest absolute Gasteiger partial charge is 0.465 e. The minimum absolute atomic E-state index is 0.0809. The van der Waals surface area contributed by atoms with Crippen molar-refractivity contribution in [3.05, 3.63) is 17.0 Å². The SMILES string of the molecule is COC(=O)c1csc(S(=O)(=O)N2CCN(C(=O)C3CCCN3C(=O)C3CC3)CC2)c1. The minimum Gasteiger partial charge on any atom is -0.465 e. The Kier molecular flexibility index (Phi) is 5.86. The van der Waals surface area contributed by atoms with Crippen LogP contribution in [-0.4, -0.2) is 86.2 Å². The molecule has 2 amide bonds. The molecule has 0 spiro atoms. The number of carbonyl (C=O) groups excluding carboxylic acids is 3. The highest BCUT2D eigenvalue weighted by Crippen LogP contribution is 2.34. The maximum Gasteiger partial charge on any atom is 0.338 e. The first-order chi connectivity index (χ1) is 14.3. The van der Waals surface area contributed by atoms with Crippen molar-refractivity contribution in [1.82, 2.24) is 14.1 Å². The van der Waals surface area contributed by atoms with Gasteiger partial charge in [-0.1, -0.05) is 0 Å². The van der Waals surface area contributed by atoms with Crippen molar-refractivity contribution in [3.8, 4) is 0 Å². The highest BCUT2D eigenvalue weighted by molar-refractivity contribution is 7.91. The Hall–Kier alpha value is -1.98. The number of esters is 1. The Balaban J connectivity index is 1.38. The smallest absolute Gasteiger partial charge is 0.338 e. The van der Waals surface area contributed by atoms with Crippen LogP contribution in [0.2, 0.25) is 0 Å². The number of carbonyl (C=O) groups is 3. The van der Waals surface area contributed by atoms with Crippen molar-refractivity contribution in [2.24, 2.45) is 5.92 Å². The molecule has 2 aliphatic heterocycles. The van der Waals surface area contributed by atoms with Gasteiger partial charge in [0.05, 0.1) is 12.7 Å². The lowest BCUT2D eigenvalue weighted by molar-refractivity contribution is -0.145. The molecule has 30 heavy (non-hydrogen) atoms. The van der Waals surface area contributed by atoms with Gasteiger partial charge in [-0.2, -0.15) is 4.31 Å². The Bertz CT molecular complexity index is 947. The summed E-state index contributed by atoms with van der Waals surface area (Å²) in [4.78, 5) is 40.5. The second kappa shape index (κ2) is 8.27. The number of amides is 2. The Morgan fingerprint density at radius 2 is 1.73 bits per heavy atom. The first-order valence-corrected chi connectivity index (χ1v) is 12.4. The number of methoxy groups -OCH3 is 1. The van der Waals surface area contributed by atoms with E-state index in [0.29, 0.717) is 13.0 Å². The van der Waals surface area contributed by atoms with Crippen molar-refractivity contribution < 1.29 is 27.5 Å². The first kappa shape index (κ1) is 21.3. The van der Waals surface area contributed by atoms with E-state index in [1.165, 1.54) is 22.9 Å². The van der Waals surface area contributed by atoms with Gasteiger partial charge in [0, 0.05) is 44.0 Å². The molecule has 2 saturated heterocycles. The van der Waals surface area contributed by atoms with Crippen LogP contribution in [0.3, 0.4) is 0 Å². The van der Waals surface area contributed by atoms with Gasteiger partial charge >= 0.3 is 5.97 Å². The lowest BCUT2D eigenvalue weighted by Gasteiger charge is -2.36. The molecule has 1 aromatic rings. The highest BCUT2D eigenvalue weighted by atomic mass is 32.2. The number of nitrogens with zero attached hydrogens (tertiary/aromatic N) is 3. The number of ether oxygens (including phenoxy) is 1. The molecule has 11 heteroatoms. The topological polar surface area (TPSA) is 104 Å². The van der Waals surface area contributed by atoms with Crippen molar-refractivity contribution in [3.63, 3.8) is 0 Å². The molecule has 0 aromatic carbocycles. The average Bonchev–Trinajstić information content (AvgIpc) is 3.27. The van der Waals surface area contributed by atoms with E-state index in [4.69, 9.17) is 0 Å². The van der Waals surface area contributed by atoms with Gasteiger partial charge in [0.25, 0.3) is 10.0 Å². The monoisotopic (exact) mass is 455 g/mol. The number of hydrogen-bond donors (Lipinski definition) is 0. The molecule has 1 aromatic heterocycles. The van der Waals surface area contributed by atoms with E-state index in [1.807, 2.05) is 0 Å². The van der Waals surface area contributed by atoms with E-state index in [-0.39, 0.29) is 53.7 Å². The molecule has 0 bridgehead atoms. The minimum atomic E-state index is -3.74. The van der Waals surface area contributed by atoms with Gasteiger partial charge in [-0.15, -0.1) is 11.3 Å². The van der Waals surface area contributed by atoms with Crippen molar-refractivity contribution in [2.75, 3.05) is 39.8 Å². The lowest BCUT2D eigenvalue weighted by atomic mass is 10.1. The summed E-state index contributed by atoms with van der Waals surface area (Å²) in [5.41, 5.74) is 0.205. The van der Waals surface area contributed by atoms with E-state index in [9.17, 15) is 22.8 Å². The summed E-state index contributed by atoms with van der Waals surface area (Å²) in [6.45, 7) is 1.57. The van der Waals surface area contributed by atoms with Crippen LogP contribution < -0.4 is 0 Å². The Morgan fingerprint density at radius 1 is 1.03 bits per heavy atom. The summed E-state index contributed by atoms with van der Waals surface area (Å²) in [7, 11) is -2.49. The standard InChI is InChI=1S/C19H25N3O6S2/c1-28-19(25)14-11-16(29-12-14)30(26,27)21-9-7-20(8-10-21)18(24)15-3-2-6-22(15)17(23)13-4-5-13/h11-13,15H,2-10H2,1H3. The number of likely N-dealkylation sites (tertiary alicyclic amines) is 1. The van der Waals surface area contributed by atoms with E-state index in [1.54, 1.807) is 9.80 Å². The molecular weight excluding hydrogens is 430 g/mol. The van der Waals surface area contributed by atoms with Crippen LogP contribution in [-0.2, 0) is 24.3 Å². The van der Waals surface area contributed by atoms with Gasteiger partial charge in [0.2, 0.25) is 11.8 Å². The average molecular weight is 456 g/mol. The van der Waals surface area contributed by atoms with Gasteiger partial charge < -0.3 is 14.5 Å². The molecule has 164 valence electrons. The molecular formula is C19H25N3O6S2. The second-order valence-corrected chi connectivity index (χ2v) is 10.9. The Morgan fingerprint density at radius 3 is 2.37 bits per heavy atom. The van der Waals surface area contributed by atoms with Crippen LogP contribution in [0, 0.1) is 5.92 Å². The van der Waals surface area contributed by atoms with Crippen molar-refractivity contribution in [2.45, 2.75) is 35.9 Å². The molecule has 9 nitrogen and oxygen atoms in total. The summed E-state index contributed by atoms with van der Waals surface area (Å²) in [5.74, 6) is -0.486. The number of rotatable bonds is 5. The maximum atomic E-state index is 13.0. The fraction of sp³-hybridized carbons (Fsp3) is 0.632. The molecule has 1 aliphatic carbocycles. The molecule has 0 N–H and O–H groups in total. The number of sulfonamides is 1. The highest BCUT2D eigenvalue weighted by Gasteiger charge is 2.43. The van der Waals surface area contributed by atoms with Gasteiger partial charge in [0.15, 0.2) is 0 Å². The van der Waals surface area contributed by atoms with Gasteiger partial charge in [0.1, 0.15) is 10.3 Å². The zero-order valence-corrected chi connectivity index (χ0v) is 18.4. The number of piperazine rings is 1. The molecule has 1 unspecified atom stereocenters. The lowest BCUT2D eigenvalue weighted by Crippen LogP contribution is -2.55. The summed E-state index contributed by atoms with van der Waals surface area (Å²) < 4.78 is 31.8. The summed E-state index contributed by atoms with van der Waals surface area (Å²) >= 11 is 0.978. The van der Waals surface area contributed by atoms with Gasteiger partial charge in [-0.3, -0.25) is 9.59 Å². The maximum absolute atomic E-state index is 13.0. The molecule has 3 fully saturated rings. The van der Waals surface area contributed by atoms with Crippen molar-refractivity contribution in [1.29, 1.82) is 0 Å². The van der Waals surface area contributed by atoms with E-state index >= 15 is 0 Å². The van der Waals surface area contributed by atoms with Crippen LogP contribution in [0.1, 0.15) is 36.0 Å². The second-order valence-electron chi connectivity index (χ2n) is 7.84. The summed E-state index contributed by atoms with van der Waals surface area (Å²) in [5, 5.41) is 1.46.